The van der Waals surface area contributed by atoms with Gasteiger partial charge in [0.25, 0.3) is 0 Å². The maximum Gasteiger partial charge on any atom is 0.216 e. The Bertz CT molecular complexity index is 1000. The van der Waals surface area contributed by atoms with E-state index in [1.54, 1.807) is 39.7 Å². The number of aromatic amines is 2. The molecule has 2 aromatic heterocycles. The number of benzene rings is 1. The predicted octanol–water partition coefficient (Wildman–Crippen LogP) is 2.55. The molecule has 0 spiro atoms. The van der Waals surface area contributed by atoms with Crippen molar-refractivity contribution in [1.29, 1.82) is 0 Å². The Morgan fingerprint density at radius 3 is 2.31 bits per heavy atom. The summed E-state index contributed by atoms with van der Waals surface area (Å²) in [4.78, 5) is 0. The fourth-order valence-corrected chi connectivity index (χ4v) is 2.55. The lowest BCUT2D eigenvalue weighted by Crippen LogP contribution is -1.99. The second-order valence-corrected chi connectivity index (χ2v) is 5.68. The predicted molar refractivity (Wildman–Crippen MR) is 98.8 cm³/mol. The molecule has 10 heteroatoms. The van der Waals surface area contributed by atoms with Crippen LogP contribution in [0.25, 0.3) is 11.5 Å². The molecule has 2 heterocycles. The van der Waals surface area contributed by atoms with Gasteiger partial charge in [-0.1, -0.05) is 0 Å². The molecule has 26 heavy (non-hydrogen) atoms. The summed E-state index contributed by atoms with van der Waals surface area (Å²) in [6.07, 6.45) is 1.61. The SMILES string of the molecule is COc1cc(OC)c(OC)cc1/C=N/n1c(-c2cc(C)[nH]n2)n[nH]c1=S. The second-order valence-electron chi connectivity index (χ2n) is 5.29. The summed E-state index contributed by atoms with van der Waals surface area (Å²) in [6.45, 7) is 1.90. The summed E-state index contributed by atoms with van der Waals surface area (Å²) in [5.74, 6) is 2.21. The van der Waals surface area contributed by atoms with Gasteiger partial charge in [-0.3, -0.25) is 5.10 Å². The van der Waals surface area contributed by atoms with Crippen molar-refractivity contribution in [3.8, 4) is 28.8 Å². The fourth-order valence-electron chi connectivity index (χ4n) is 2.37. The highest BCUT2D eigenvalue weighted by Gasteiger charge is 2.13. The average molecular weight is 374 g/mol. The number of methoxy groups -OCH3 is 3. The molecule has 0 fully saturated rings. The van der Waals surface area contributed by atoms with Crippen LogP contribution in [0.4, 0.5) is 0 Å². The second kappa shape index (κ2) is 7.40. The van der Waals surface area contributed by atoms with Crippen molar-refractivity contribution in [2.24, 2.45) is 5.10 Å². The Labute approximate surface area is 154 Å². The number of aromatic nitrogens is 5. The van der Waals surface area contributed by atoms with Gasteiger partial charge in [0.15, 0.2) is 11.5 Å². The van der Waals surface area contributed by atoms with Crippen molar-refractivity contribution in [2.45, 2.75) is 6.92 Å². The number of nitrogens with zero attached hydrogens (tertiary/aromatic N) is 4. The van der Waals surface area contributed by atoms with Crippen molar-refractivity contribution < 1.29 is 14.2 Å². The Balaban J connectivity index is 2.04. The molecule has 9 nitrogen and oxygen atoms in total. The molecule has 136 valence electrons. The molecule has 0 aliphatic carbocycles. The van der Waals surface area contributed by atoms with E-state index in [1.807, 2.05) is 13.0 Å². The quantitative estimate of drug-likeness (QED) is 0.508. The van der Waals surface area contributed by atoms with Crippen molar-refractivity contribution in [1.82, 2.24) is 25.1 Å². The largest absolute Gasteiger partial charge is 0.496 e. The van der Waals surface area contributed by atoms with E-state index in [9.17, 15) is 0 Å². The summed E-state index contributed by atoms with van der Waals surface area (Å²) >= 11 is 5.26. The molecular formula is C16H18N6O3S. The van der Waals surface area contributed by atoms with E-state index < -0.39 is 0 Å². The van der Waals surface area contributed by atoms with Crippen molar-refractivity contribution in [2.75, 3.05) is 21.3 Å². The minimum Gasteiger partial charge on any atom is -0.496 e. The molecule has 3 aromatic rings. The molecule has 0 bridgehead atoms. The van der Waals surface area contributed by atoms with Gasteiger partial charge in [-0.15, -0.1) is 0 Å². The number of ether oxygens (including phenoxy) is 3. The van der Waals surface area contributed by atoms with Crippen molar-refractivity contribution in [3.63, 3.8) is 0 Å². The first-order valence-corrected chi connectivity index (χ1v) is 8.02. The maximum atomic E-state index is 5.40. The van der Waals surface area contributed by atoms with Crippen LogP contribution in [0.5, 0.6) is 17.2 Å². The molecular weight excluding hydrogens is 356 g/mol. The highest BCUT2D eigenvalue weighted by Crippen LogP contribution is 2.33. The smallest absolute Gasteiger partial charge is 0.216 e. The lowest BCUT2D eigenvalue weighted by Gasteiger charge is -2.11. The van der Waals surface area contributed by atoms with Gasteiger partial charge < -0.3 is 14.2 Å². The third-order valence-corrected chi connectivity index (χ3v) is 3.90. The molecule has 0 saturated carbocycles. The summed E-state index contributed by atoms with van der Waals surface area (Å²) in [7, 11) is 4.70. The lowest BCUT2D eigenvalue weighted by atomic mass is 10.2. The van der Waals surface area contributed by atoms with E-state index in [-0.39, 0.29) is 0 Å². The number of rotatable bonds is 6. The van der Waals surface area contributed by atoms with Crippen LogP contribution in [0.1, 0.15) is 11.3 Å². The van der Waals surface area contributed by atoms with Gasteiger partial charge in [0.05, 0.1) is 27.5 Å². The minimum atomic E-state index is 0.344. The van der Waals surface area contributed by atoms with E-state index in [0.29, 0.717) is 39.1 Å². The highest BCUT2D eigenvalue weighted by molar-refractivity contribution is 7.71. The van der Waals surface area contributed by atoms with E-state index in [2.05, 4.69) is 25.5 Å². The summed E-state index contributed by atoms with van der Waals surface area (Å²) in [6, 6.07) is 5.35. The molecule has 0 atom stereocenters. The van der Waals surface area contributed by atoms with Crippen LogP contribution < -0.4 is 14.2 Å². The highest BCUT2D eigenvalue weighted by atomic mass is 32.1. The monoisotopic (exact) mass is 374 g/mol. The molecule has 0 aliphatic rings. The van der Waals surface area contributed by atoms with E-state index >= 15 is 0 Å². The van der Waals surface area contributed by atoms with Gasteiger partial charge in [-0.05, 0) is 31.3 Å². The van der Waals surface area contributed by atoms with Gasteiger partial charge in [-0.2, -0.15) is 20.0 Å². The van der Waals surface area contributed by atoms with Crippen LogP contribution >= 0.6 is 12.2 Å². The van der Waals surface area contributed by atoms with Crippen LogP contribution in [0.15, 0.2) is 23.3 Å². The van der Waals surface area contributed by atoms with Crippen LogP contribution in [0, 0.1) is 11.7 Å². The number of hydrogen-bond acceptors (Lipinski definition) is 7. The standard InChI is InChI=1S/C16H18N6O3S/c1-9-5-11(19-18-9)15-20-21-16(26)22(15)17-8-10-6-13(24-3)14(25-4)7-12(10)23-2/h5-8H,1-4H3,(H,18,19)(H,21,26)/b17-8+. The number of H-pyrrole nitrogens is 2. The summed E-state index contributed by atoms with van der Waals surface area (Å²) in [5, 5.41) is 18.4. The topological polar surface area (TPSA) is 102 Å². The van der Waals surface area contributed by atoms with E-state index in [1.165, 1.54) is 4.68 Å². The fraction of sp³-hybridized carbons (Fsp3) is 0.250. The van der Waals surface area contributed by atoms with Crippen molar-refractivity contribution >= 4 is 18.4 Å². The molecule has 1 aromatic carbocycles. The molecule has 3 rings (SSSR count). The third kappa shape index (κ3) is 3.31. The molecule has 0 unspecified atom stereocenters. The van der Waals surface area contributed by atoms with Crippen LogP contribution in [-0.2, 0) is 0 Å². The maximum absolute atomic E-state index is 5.40. The lowest BCUT2D eigenvalue weighted by molar-refractivity contribution is 0.349. The summed E-state index contributed by atoms with van der Waals surface area (Å²) in [5.41, 5.74) is 2.23. The number of hydrogen-bond donors (Lipinski definition) is 2. The minimum absolute atomic E-state index is 0.344. The molecule has 0 aliphatic heterocycles. The number of nitrogens with one attached hydrogen (secondary N) is 2. The Morgan fingerprint density at radius 2 is 1.69 bits per heavy atom. The molecule has 0 amide bonds. The van der Waals surface area contributed by atoms with Crippen LogP contribution in [0.2, 0.25) is 0 Å². The van der Waals surface area contributed by atoms with E-state index in [0.717, 1.165) is 5.69 Å². The average Bonchev–Trinajstić information content (AvgIpc) is 3.24. The molecule has 0 radical (unpaired) electrons. The Morgan fingerprint density at radius 1 is 1.00 bits per heavy atom. The Hall–Kier alpha value is -3.14. The normalized spacial score (nSPS) is 11.1. The van der Waals surface area contributed by atoms with Crippen molar-refractivity contribution in [3.05, 3.63) is 34.2 Å². The summed E-state index contributed by atoms with van der Waals surface area (Å²) < 4.78 is 17.8. The molecule has 0 saturated heterocycles. The third-order valence-electron chi connectivity index (χ3n) is 3.63. The molecule has 2 N–H and O–H groups in total. The Kier molecular flexibility index (Phi) is 5.03. The van der Waals surface area contributed by atoms with Crippen LogP contribution in [0.3, 0.4) is 0 Å². The van der Waals surface area contributed by atoms with Crippen LogP contribution in [-0.4, -0.2) is 52.6 Å². The zero-order chi connectivity index (χ0) is 18.7. The van der Waals surface area contributed by atoms with Gasteiger partial charge in [-0.25, -0.2) is 5.10 Å². The first kappa shape index (κ1) is 17.7. The van der Waals surface area contributed by atoms with E-state index in [4.69, 9.17) is 26.4 Å². The van der Waals surface area contributed by atoms with Gasteiger partial charge in [0.2, 0.25) is 10.6 Å². The zero-order valence-corrected chi connectivity index (χ0v) is 15.5. The zero-order valence-electron chi connectivity index (χ0n) is 14.7. The van der Waals surface area contributed by atoms with Gasteiger partial charge >= 0.3 is 0 Å². The number of aryl methyl sites for hydroxylation is 1. The first-order chi connectivity index (χ1) is 12.6. The van der Waals surface area contributed by atoms with Gasteiger partial charge in [0.1, 0.15) is 11.4 Å². The first-order valence-electron chi connectivity index (χ1n) is 7.61. The van der Waals surface area contributed by atoms with Gasteiger partial charge in [0, 0.05) is 17.3 Å².